The Kier molecular flexibility index (Phi) is 5.52. The highest BCUT2D eigenvalue weighted by Gasteiger charge is 2.38. The highest BCUT2D eigenvalue weighted by atomic mass is 32.2. The average Bonchev–Trinajstić information content (AvgIpc) is 2.81. The zero-order chi connectivity index (χ0) is 15.5. The third-order valence-electron chi connectivity index (χ3n) is 3.36. The van der Waals surface area contributed by atoms with Crippen LogP contribution in [0.2, 0.25) is 0 Å². The number of nitrogens with zero attached hydrogens (tertiary/aromatic N) is 1. The molecule has 0 bridgehead atoms. The van der Waals surface area contributed by atoms with Crippen molar-refractivity contribution in [3.8, 4) is 0 Å². The third kappa shape index (κ3) is 4.17. The normalized spacial score (nSPS) is 21.1. The molecule has 1 fully saturated rings. The average molecular weight is 305 g/mol. The van der Waals surface area contributed by atoms with Crippen molar-refractivity contribution in [2.75, 3.05) is 19.8 Å². The zero-order valence-corrected chi connectivity index (χ0v) is 13.2. The van der Waals surface area contributed by atoms with Crippen LogP contribution in [0.1, 0.15) is 26.7 Å². The van der Waals surface area contributed by atoms with E-state index in [1.165, 1.54) is 11.9 Å². The van der Waals surface area contributed by atoms with Crippen LogP contribution in [0.25, 0.3) is 0 Å². The van der Waals surface area contributed by atoms with Crippen LogP contribution in [0.15, 0.2) is 0 Å². The maximum absolute atomic E-state index is 12.5. The summed E-state index contributed by atoms with van der Waals surface area (Å²) in [6.45, 7) is 4.02. The minimum Gasteiger partial charge on any atom is -0.357 e. The summed E-state index contributed by atoms with van der Waals surface area (Å²) in [6.07, 6.45) is 2.37. The topological polar surface area (TPSA) is 95.6 Å². The highest BCUT2D eigenvalue weighted by Crippen LogP contribution is 2.20. The molecular weight excluding hydrogens is 282 g/mol. The Morgan fingerprint density at radius 3 is 2.35 bits per heavy atom. The number of carbonyl (C=O) groups excluding carboxylic acids is 2. The monoisotopic (exact) mass is 305 g/mol. The van der Waals surface area contributed by atoms with Gasteiger partial charge in [-0.3, -0.25) is 9.59 Å². The second kappa shape index (κ2) is 6.53. The standard InChI is InChI=1S/C12H23N3O4S/c1-8(2)10(14-20(4,18)19)12(17)15-7-5-6-9(15)11(16)13-3/h8-10,14H,5-7H2,1-4H3,(H,13,16). The molecule has 0 aromatic carbocycles. The largest absolute Gasteiger partial charge is 0.357 e. The van der Waals surface area contributed by atoms with Crippen LogP contribution in [0.3, 0.4) is 0 Å². The molecule has 2 atom stereocenters. The molecule has 116 valence electrons. The van der Waals surface area contributed by atoms with Crippen molar-refractivity contribution < 1.29 is 18.0 Å². The molecule has 0 aliphatic carbocycles. The minimum absolute atomic E-state index is 0.192. The second-order valence-corrected chi connectivity index (χ2v) is 7.20. The van der Waals surface area contributed by atoms with Crippen molar-refractivity contribution >= 4 is 21.8 Å². The third-order valence-corrected chi connectivity index (χ3v) is 4.04. The Bertz CT molecular complexity index is 475. The number of sulfonamides is 1. The SMILES string of the molecule is CNC(=O)C1CCCN1C(=O)C(NS(C)(=O)=O)C(C)C. The summed E-state index contributed by atoms with van der Waals surface area (Å²) in [5, 5.41) is 2.54. The van der Waals surface area contributed by atoms with E-state index in [0.29, 0.717) is 13.0 Å². The number of hydrogen-bond donors (Lipinski definition) is 2. The molecule has 20 heavy (non-hydrogen) atoms. The van der Waals surface area contributed by atoms with E-state index < -0.39 is 22.1 Å². The molecule has 8 heteroatoms. The van der Waals surface area contributed by atoms with Gasteiger partial charge in [-0.05, 0) is 18.8 Å². The Labute approximate surface area is 120 Å². The van der Waals surface area contributed by atoms with Crippen molar-refractivity contribution in [3.63, 3.8) is 0 Å². The molecule has 0 spiro atoms. The fourth-order valence-electron chi connectivity index (χ4n) is 2.35. The molecule has 1 rings (SSSR count). The molecule has 1 heterocycles. The van der Waals surface area contributed by atoms with Crippen molar-refractivity contribution in [2.24, 2.45) is 5.92 Å². The van der Waals surface area contributed by atoms with Crippen LogP contribution in [-0.2, 0) is 19.6 Å². The van der Waals surface area contributed by atoms with Crippen molar-refractivity contribution in [2.45, 2.75) is 38.8 Å². The first-order chi connectivity index (χ1) is 9.17. The van der Waals surface area contributed by atoms with E-state index in [0.717, 1.165) is 12.7 Å². The summed E-state index contributed by atoms with van der Waals surface area (Å²) >= 11 is 0. The summed E-state index contributed by atoms with van der Waals surface area (Å²) in [5.41, 5.74) is 0. The molecule has 2 amide bonds. The predicted octanol–water partition coefficient (Wildman–Crippen LogP) is -0.703. The number of likely N-dealkylation sites (N-methyl/N-ethyl adjacent to an activating group) is 1. The Morgan fingerprint density at radius 1 is 1.30 bits per heavy atom. The maximum atomic E-state index is 12.5. The lowest BCUT2D eigenvalue weighted by Gasteiger charge is -2.29. The van der Waals surface area contributed by atoms with Gasteiger partial charge in [0.1, 0.15) is 12.1 Å². The van der Waals surface area contributed by atoms with Crippen molar-refractivity contribution in [1.29, 1.82) is 0 Å². The molecule has 0 radical (unpaired) electrons. The van der Waals surface area contributed by atoms with Gasteiger partial charge in [0.2, 0.25) is 21.8 Å². The molecule has 1 aliphatic heterocycles. The summed E-state index contributed by atoms with van der Waals surface area (Å²) in [6, 6.07) is -1.34. The molecular formula is C12H23N3O4S. The molecule has 7 nitrogen and oxygen atoms in total. The summed E-state index contributed by atoms with van der Waals surface area (Å²) < 4.78 is 25.1. The Balaban J connectivity index is 2.92. The molecule has 0 saturated carbocycles. The van der Waals surface area contributed by atoms with E-state index in [1.807, 2.05) is 0 Å². The second-order valence-electron chi connectivity index (χ2n) is 5.42. The van der Waals surface area contributed by atoms with Gasteiger partial charge in [0, 0.05) is 13.6 Å². The van der Waals surface area contributed by atoms with E-state index in [9.17, 15) is 18.0 Å². The van der Waals surface area contributed by atoms with Gasteiger partial charge in [0.15, 0.2) is 0 Å². The van der Waals surface area contributed by atoms with Gasteiger partial charge in [-0.2, -0.15) is 0 Å². The maximum Gasteiger partial charge on any atom is 0.242 e. The molecule has 2 unspecified atom stereocenters. The Hall–Kier alpha value is -1.15. The smallest absolute Gasteiger partial charge is 0.242 e. The zero-order valence-electron chi connectivity index (χ0n) is 12.3. The number of hydrogen-bond acceptors (Lipinski definition) is 4. The molecule has 2 N–H and O–H groups in total. The van der Waals surface area contributed by atoms with Gasteiger partial charge in [-0.15, -0.1) is 0 Å². The van der Waals surface area contributed by atoms with E-state index in [4.69, 9.17) is 0 Å². The van der Waals surface area contributed by atoms with E-state index in [2.05, 4.69) is 10.0 Å². The van der Waals surface area contributed by atoms with Crippen LogP contribution in [0.5, 0.6) is 0 Å². The molecule has 0 aromatic rings. The predicted molar refractivity (Wildman–Crippen MR) is 75.4 cm³/mol. The van der Waals surface area contributed by atoms with Crippen LogP contribution in [0, 0.1) is 5.92 Å². The number of amides is 2. The first-order valence-corrected chi connectivity index (χ1v) is 8.56. The lowest BCUT2D eigenvalue weighted by Crippen LogP contribution is -2.54. The van der Waals surface area contributed by atoms with Gasteiger partial charge in [0.25, 0.3) is 0 Å². The van der Waals surface area contributed by atoms with E-state index >= 15 is 0 Å². The van der Waals surface area contributed by atoms with Crippen LogP contribution in [-0.4, -0.2) is 57.1 Å². The number of rotatable bonds is 5. The van der Waals surface area contributed by atoms with Crippen LogP contribution in [0.4, 0.5) is 0 Å². The molecule has 0 aromatic heterocycles. The lowest BCUT2D eigenvalue weighted by molar-refractivity contribution is -0.140. The van der Waals surface area contributed by atoms with Gasteiger partial charge < -0.3 is 10.2 Å². The van der Waals surface area contributed by atoms with Gasteiger partial charge in [-0.1, -0.05) is 13.8 Å². The first-order valence-electron chi connectivity index (χ1n) is 6.66. The van der Waals surface area contributed by atoms with Crippen LogP contribution >= 0.6 is 0 Å². The highest BCUT2D eigenvalue weighted by molar-refractivity contribution is 7.88. The summed E-state index contributed by atoms with van der Waals surface area (Å²) in [7, 11) is -1.96. The summed E-state index contributed by atoms with van der Waals surface area (Å²) in [5.74, 6) is -0.739. The van der Waals surface area contributed by atoms with Gasteiger partial charge in [-0.25, -0.2) is 13.1 Å². The quantitative estimate of drug-likeness (QED) is 0.702. The number of nitrogens with one attached hydrogen (secondary N) is 2. The molecule has 1 aliphatic rings. The fraction of sp³-hybridized carbons (Fsp3) is 0.833. The van der Waals surface area contributed by atoms with Gasteiger partial charge in [0.05, 0.1) is 6.26 Å². The van der Waals surface area contributed by atoms with Crippen molar-refractivity contribution in [1.82, 2.24) is 14.9 Å². The fourth-order valence-corrected chi connectivity index (χ4v) is 3.18. The Morgan fingerprint density at radius 2 is 1.90 bits per heavy atom. The van der Waals surface area contributed by atoms with E-state index in [-0.39, 0.29) is 17.7 Å². The summed E-state index contributed by atoms with van der Waals surface area (Å²) in [4.78, 5) is 25.8. The number of likely N-dealkylation sites (tertiary alicyclic amines) is 1. The van der Waals surface area contributed by atoms with Crippen molar-refractivity contribution in [3.05, 3.63) is 0 Å². The van der Waals surface area contributed by atoms with E-state index in [1.54, 1.807) is 13.8 Å². The van der Waals surface area contributed by atoms with Gasteiger partial charge >= 0.3 is 0 Å². The molecule has 1 saturated heterocycles. The minimum atomic E-state index is -3.48. The lowest BCUT2D eigenvalue weighted by atomic mass is 10.0. The first kappa shape index (κ1) is 16.9. The number of carbonyl (C=O) groups is 2. The van der Waals surface area contributed by atoms with Crippen LogP contribution < -0.4 is 10.0 Å².